The summed E-state index contributed by atoms with van der Waals surface area (Å²) in [5.74, 6) is -0.315. The Hall–Kier alpha value is -2.02. The maximum Gasteiger partial charge on any atom is 0.416 e. The van der Waals surface area contributed by atoms with E-state index in [9.17, 15) is 18.0 Å². The molecule has 0 saturated heterocycles. The first kappa shape index (κ1) is 18.3. The molecular weight excluding hydrogens is 387 g/mol. The molecule has 0 saturated carbocycles. The van der Waals surface area contributed by atoms with Crippen molar-refractivity contribution in [3.8, 4) is 5.75 Å². The highest BCUT2D eigenvalue weighted by molar-refractivity contribution is 9.10. The van der Waals surface area contributed by atoms with Crippen molar-refractivity contribution in [2.24, 2.45) is 0 Å². The number of anilines is 1. The summed E-state index contributed by atoms with van der Waals surface area (Å²) in [6, 6.07) is 9.59. The molecule has 0 aliphatic heterocycles. The third-order valence-corrected chi connectivity index (χ3v) is 3.60. The molecule has 1 N–H and O–H groups in total. The monoisotopic (exact) mass is 401 g/mol. The normalized spacial score (nSPS) is 11.2. The van der Waals surface area contributed by atoms with Gasteiger partial charge in [0.25, 0.3) is 5.91 Å². The molecule has 0 fully saturated rings. The van der Waals surface area contributed by atoms with Crippen LogP contribution in [0.3, 0.4) is 0 Å². The Labute approximate surface area is 146 Å². The molecule has 0 spiro atoms. The molecule has 7 heteroatoms. The van der Waals surface area contributed by atoms with Crippen molar-refractivity contribution >= 4 is 27.5 Å². The van der Waals surface area contributed by atoms with Crippen molar-refractivity contribution in [1.82, 2.24) is 0 Å². The minimum Gasteiger partial charge on any atom is -0.491 e. The molecule has 0 radical (unpaired) electrons. The van der Waals surface area contributed by atoms with Crippen LogP contribution < -0.4 is 10.1 Å². The molecular formula is C17H15BrF3NO2. The average molecular weight is 402 g/mol. The van der Waals surface area contributed by atoms with Gasteiger partial charge < -0.3 is 10.1 Å². The molecule has 1 amide bonds. The summed E-state index contributed by atoms with van der Waals surface area (Å²) < 4.78 is 44.8. The van der Waals surface area contributed by atoms with Gasteiger partial charge in [-0.15, -0.1) is 0 Å². The summed E-state index contributed by atoms with van der Waals surface area (Å²) in [6.45, 7) is 2.22. The number of hydrogen-bond acceptors (Lipinski definition) is 2. The van der Waals surface area contributed by atoms with Gasteiger partial charge in [0, 0.05) is 10.0 Å². The van der Waals surface area contributed by atoms with E-state index in [1.807, 2.05) is 6.92 Å². The van der Waals surface area contributed by atoms with Gasteiger partial charge in [0.15, 0.2) is 0 Å². The first-order valence-corrected chi connectivity index (χ1v) is 8.01. The number of ether oxygens (including phenoxy) is 1. The highest BCUT2D eigenvalue weighted by Gasteiger charge is 2.31. The summed E-state index contributed by atoms with van der Waals surface area (Å²) in [5, 5.41) is 2.49. The first-order valence-electron chi connectivity index (χ1n) is 7.22. The van der Waals surface area contributed by atoms with Crippen LogP contribution in [0.1, 0.15) is 29.3 Å². The molecule has 0 aromatic heterocycles. The van der Waals surface area contributed by atoms with Gasteiger partial charge in [-0.2, -0.15) is 13.2 Å². The lowest BCUT2D eigenvalue weighted by atomic mass is 10.1. The van der Waals surface area contributed by atoms with Crippen LogP contribution in [0, 0.1) is 0 Å². The van der Waals surface area contributed by atoms with Gasteiger partial charge in [-0.1, -0.05) is 28.9 Å². The first-order chi connectivity index (χ1) is 11.3. The highest BCUT2D eigenvalue weighted by Crippen LogP contribution is 2.35. The third-order valence-electron chi connectivity index (χ3n) is 3.10. The molecule has 0 atom stereocenters. The molecule has 0 bridgehead atoms. The van der Waals surface area contributed by atoms with Gasteiger partial charge >= 0.3 is 6.18 Å². The van der Waals surface area contributed by atoms with Crippen molar-refractivity contribution < 1.29 is 22.7 Å². The van der Waals surface area contributed by atoms with Gasteiger partial charge in [0.2, 0.25) is 0 Å². The standard InChI is InChI=1S/C17H15BrF3NO2/c1-2-8-24-15-7-6-12(17(19,20)21)10-14(15)22-16(23)11-4-3-5-13(18)9-11/h3-7,9-10H,2,8H2,1H3,(H,22,23). The second kappa shape index (κ2) is 7.70. The van der Waals surface area contributed by atoms with E-state index >= 15 is 0 Å². The molecule has 0 unspecified atom stereocenters. The number of hydrogen-bond donors (Lipinski definition) is 1. The van der Waals surface area contributed by atoms with E-state index in [4.69, 9.17) is 4.74 Å². The number of carbonyl (C=O) groups is 1. The summed E-state index contributed by atoms with van der Waals surface area (Å²) in [6.07, 6.45) is -3.81. The Balaban J connectivity index is 2.33. The fourth-order valence-electron chi connectivity index (χ4n) is 1.97. The Kier molecular flexibility index (Phi) is 5.88. The van der Waals surface area contributed by atoms with E-state index in [0.717, 1.165) is 12.1 Å². The molecule has 2 rings (SSSR count). The van der Waals surface area contributed by atoms with Gasteiger partial charge in [0.1, 0.15) is 5.75 Å². The lowest BCUT2D eigenvalue weighted by Crippen LogP contribution is -2.14. The Morgan fingerprint density at radius 2 is 1.96 bits per heavy atom. The van der Waals surface area contributed by atoms with Crippen LogP contribution in [0.5, 0.6) is 5.75 Å². The number of rotatable bonds is 5. The number of carbonyl (C=O) groups excluding carboxylic acids is 1. The summed E-state index contributed by atoms with van der Waals surface area (Å²) in [5.41, 5.74) is -0.539. The fraction of sp³-hybridized carbons (Fsp3) is 0.235. The molecule has 0 heterocycles. The number of benzene rings is 2. The number of amides is 1. The molecule has 3 nitrogen and oxygen atoms in total. The largest absolute Gasteiger partial charge is 0.491 e. The minimum absolute atomic E-state index is 0.0109. The quantitative estimate of drug-likeness (QED) is 0.717. The predicted octanol–water partition coefficient (Wildman–Crippen LogP) is 5.51. The second-order valence-electron chi connectivity index (χ2n) is 5.02. The van der Waals surface area contributed by atoms with E-state index in [-0.39, 0.29) is 11.4 Å². The van der Waals surface area contributed by atoms with Crippen LogP contribution in [0.25, 0.3) is 0 Å². The lowest BCUT2D eigenvalue weighted by molar-refractivity contribution is -0.137. The van der Waals surface area contributed by atoms with Crippen LogP contribution in [-0.4, -0.2) is 12.5 Å². The van der Waals surface area contributed by atoms with Crippen LogP contribution in [0.4, 0.5) is 18.9 Å². The maximum absolute atomic E-state index is 12.9. The van der Waals surface area contributed by atoms with Gasteiger partial charge in [-0.3, -0.25) is 4.79 Å². The number of nitrogens with one attached hydrogen (secondary N) is 1. The minimum atomic E-state index is -4.50. The Morgan fingerprint density at radius 3 is 2.58 bits per heavy atom. The van der Waals surface area contributed by atoms with Crippen LogP contribution in [-0.2, 0) is 6.18 Å². The van der Waals surface area contributed by atoms with Crippen LogP contribution in [0.2, 0.25) is 0 Å². The lowest BCUT2D eigenvalue weighted by Gasteiger charge is -2.15. The zero-order valence-corrected chi connectivity index (χ0v) is 14.4. The van der Waals surface area contributed by atoms with Crippen molar-refractivity contribution in [2.75, 3.05) is 11.9 Å². The smallest absolute Gasteiger partial charge is 0.416 e. The SMILES string of the molecule is CCCOc1ccc(C(F)(F)F)cc1NC(=O)c1cccc(Br)c1. The summed E-state index contributed by atoms with van der Waals surface area (Å²) in [4.78, 5) is 12.3. The van der Waals surface area contributed by atoms with Crippen molar-refractivity contribution in [3.05, 3.63) is 58.1 Å². The zero-order valence-electron chi connectivity index (χ0n) is 12.8. The topological polar surface area (TPSA) is 38.3 Å². The maximum atomic E-state index is 12.9. The molecule has 2 aromatic carbocycles. The van der Waals surface area contributed by atoms with Crippen molar-refractivity contribution in [3.63, 3.8) is 0 Å². The molecule has 24 heavy (non-hydrogen) atoms. The Morgan fingerprint density at radius 1 is 1.21 bits per heavy atom. The van der Waals surface area contributed by atoms with Gasteiger partial charge in [0.05, 0.1) is 17.9 Å². The highest BCUT2D eigenvalue weighted by atomic mass is 79.9. The third kappa shape index (κ3) is 4.74. The van der Waals surface area contributed by atoms with Gasteiger partial charge in [-0.25, -0.2) is 0 Å². The second-order valence-corrected chi connectivity index (χ2v) is 5.94. The van der Waals surface area contributed by atoms with Crippen molar-refractivity contribution in [2.45, 2.75) is 19.5 Å². The predicted molar refractivity (Wildman–Crippen MR) is 89.3 cm³/mol. The van der Waals surface area contributed by atoms with Gasteiger partial charge in [-0.05, 0) is 42.8 Å². The fourth-order valence-corrected chi connectivity index (χ4v) is 2.37. The van der Waals surface area contributed by atoms with E-state index < -0.39 is 17.6 Å². The molecule has 128 valence electrons. The Bertz CT molecular complexity index is 732. The summed E-state index contributed by atoms with van der Waals surface area (Å²) >= 11 is 3.25. The van der Waals surface area contributed by atoms with Crippen LogP contribution >= 0.6 is 15.9 Å². The van der Waals surface area contributed by atoms with E-state index in [1.54, 1.807) is 24.3 Å². The number of halogens is 4. The summed E-state index contributed by atoms with van der Waals surface area (Å²) in [7, 11) is 0. The zero-order chi connectivity index (χ0) is 17.7. The average Bonchev–Trinajstić information content (AvgIpc) is 2.52. The molecule has 2 aromatic rings. The number of alkyl halides is 3. The van der Waals surface area contributed by atoms with E-state index in [1.165, 1.54) is 6.07 Å². The molecule has 0 aliphatic carbocycles. The van der Waals surface area contributed by atoms with Crippen molar-refractivity contribution in [1.29, 1.82) is 0 Å². The van der Waals surface area contributed by atoms with Crippen LogP contribution in [0.15, 0.2) is 46.9 Å². The van der Waals surface area contributed by atoms with E-state index in [0.29, 0.717) is 23.1 Å². The molecule has 0 aliphatic rings. The van der Waals surface area contributed by atoms with E-state index in [2.05, 4.69) is 21.2 Å².